The highest BCUT2D eigenvalue weighted by molar-refractivity contribution is 8.16. The molecule has 6 nitrogen and oxygen atoms in total. The lowest BCUT2D eigenvalue weighted by Crippen LogP contribution is -2.10. The van der Waals surface area contributed by atoms with Crippen molar-refractivity contribution < 1.29 is 9.53 Å². The van der Waals surface area contributed by atoms with Gasteiger partial charge < -0.3 is 10.5 Å². The molecule has 0 unspecified atom stereocenters. The summed E-state index contributed by atoms with van der Waals surface area (Å²) in [7, 11) is 0. The summed E-state index contributed by atoms with van der Waals surface area (Å²) < 4.78 is 7.07. The zero-order chi connectivity index (χ0) is 16.9. The van der Waals surface area contributed by atoms with Gasteiger partial charge in [0.25, 0.3) is 0 Å². The summed E-state index contributed by atoms with van der Waals surface area (Å²) >= 11 is 4.73. The van der Waals surface area contributed by atoms with Gasteiger partial charge in [0.15, 0.2) is 9.50 Å². The van der Waals surface area contributed by atoms with Crippen molar-refractivity contribution in [2.45, 2.75) is 16.4 Å². The molecule has 2 N–H and O–H groups in total. The van der Waals surface area contributed by atoms with Gasteiger partial charge >= 0.3 is 5.97 Å². The Hall–Kier alpha value is -1.84. The number of nitrogens with two attached hydrogens (primary N) is 1. The van der Waals surface area contributed by atoms with Gasteiger partial charge in [0, 0.05) is 6.20 Å². The Labute approximate surface area is 151 Å². The molecule has 1 aromatic carbocycles. The minimum Gasteiger partial charge on any atom is -0.462 e. The monoisotopic (exact) mass is 378 g/mol. The summed E-state index contributed by atoms with van der Waals surface area (Å²) in [5.74, 6) is -0.369. The summed E-state index contributed by atoms with van der Waals surface area (Å²) in [4.78, 5) is 24.5. The molecular formula is C15H14N4O2S3. The van der Waals surface area contributed by atoms with Gasteiger partial charge in [-0.1, -0.05) is 35.7 Å². The SMILES string of the molecule is CCOC(=O)c1cnc(SCSc2nc3ccccc3s2)nc1N. The van der Waals surface area contributed by atoms with Crippen molar-refractivity contribution in [2.75, 3.05) is 17.4 Å². The third kappa shape index (κ3) is 3.97. The topological polar surface area (TPSA) is 91.0 Å². The van der Waals surface area contributed by atoms with E-state index in [1.807, 2.05) is 18.2 Å². The number of para-hydroxylation sites is 1. The molecule has 24 heavy (non-hydrogen) atoms. The normalized spacial score (nSPS) is 10.9. The number of hydrogen-bond donors (Lipinski definition) is 1. The highest BCUT2D eigenvalue weighted by atomic mass is 32.2. The van der Waals surface area contributed by atoms with Crippen molar-refractivity contribution in [3.05, 3.63) is 36.0 Å². The van der Waals surface area contributed by atoms with Crippen LogP contribution in [0.1, 0.15) is 17.3 Å². The van der Waals surface area contributed by atoms with Gasteiger partial charge in [0.1, 0.15) is 11.4 Å². The number of ether oxygens (including phenoxy) is 1. The molecule has 9 heteroatoms. The second-order valence-corrected chi connectivity index (χ2v) is 8.09. The Balaban J connectivity index is 1.60. The zero-order valence-corrected chi connectivity index (χ0v) is 15.2. The van der Waals surface area contributed by atoms with Crippen LogP contribution in [0.25, 0.3) is 10.2 Å². The van der Waals surface area contributed by atoms with Crippen LogP contribution in [0.3, 0.4) is 0 Å². The van der Waals surface area contributed by atoms with E-state index in [1.54, 1.807) is 30.0 Å². The smallest absolute Gasteiger partial charge is 0.343 e. The van der Waals surface area contributed by atoms with Gasteiger partial charge in [0.2, 0.25) is 0 Å². The van der Waals surface area contributed by atoms with Crippen molar-refractivity contribution in [2.24, 2.45) is 0 Å². The Morgan fingerprint density at radius 3 is 2.88 bits per heavy atom. The molecule has 0 atom stereocenters. The maximum atomic E-state index is 11.7. The van der Waals surface area contributed by atoms with Crippen molar-refractivity contribution in [1.82, 2.24) is 15.0 Å². The molecule has 124 valence electrons. The fourth-order valence-corrected chi connectivity index (χ4v) is 5.01. The van der Waals surface area contributed by atoms with Crippen molar-refractivity contribution >= 4 is 56.9 Å². The molecular weight excluding hydrogens is 364 g/mol. The summed E-state index contributed by atoms with van der Waals surface area (Å²) in [5, 5.41) is 1.23. The molecule has 0 saturated heterocycles. The first-order valence-electron chi connectivity index (χ1n) is 7.08. The molecule has 0 fully saturated rings. The number of thioether (sulfide) groups is 2. The van der Waals surface area contributed by atoms with E-state index < -0.39 is 5.97 Å². The predicted molar refractivity (Wildman–Crippen MR) is 98.6 cm³/mol. The first kappa shape index (κ1) is 17.0. The number of fused-ring (bicyclic) bond motifs is 1. The van der Waals surface area contributed by atoms with Gasteiger partial charge in [-0.05, 0) is 19.1 Å². The Morgan fingerprint density at radius 2 is 2.12 bits per heavy atom. The first-order valence-corrected chi connectivity index (χ1v) is 9.87. The molecule has 0 radical (unpaired) electrons. The van der Waals surface area contributed by atoms with Crippen LogP contribution in [0.4, 0.5) is 5.82 Å². The summed E-state index contributed by atoms with van der Waals surface area (Å²) in [5.41, 5.74) is 7.01. The van der Waals surface area contributed by atoms with E-state index in [4.69, 9.17) is 10.5 Å². The van der Waals surface area contributed by atoms with Gasteiger partial charge in [-0.15, -0.1) is 11.3 Å². The molecule has 3 rings (SSSR count). The molecule has 3 aromatic rings. The minimum absolute atomic E-state index is 0.135. The number of hydrogen-bond acceptors (Lipinski definition) is 9. The van der Waals surface area contributed by atoms with Crippen LogP contribution in [-0.2, 0) is 4.74 Å². The molecule has 2 aromatic heterocycles. The lowest BCUT2D eigenvalue weighted by atomic mass is 10.3. The average Bonchev–Trinajstić information content (AvgIpc) is 2.98. The summed E-state index contributed by atoms with van der Waals surface area (Å²) in [6.45, 7) is 2.02. The van der Waals surface area contributed by atoms with Gasteiger partial charge in [0.05, 0.1) is 21.9 Å². The second-order valence-electron chi connectivity index (χ2n) is 4.53. The minimum atomic E-state index is -0.504. The van der Waals surface area contributed by atoms with E-state index in [0.717, 1.165) is 9.86 Å². The number of rotatable bonds is 6. The second kappa shape index (κ2) is 7.82. The molecule has 2 heterocycles. The Morgan fingerprint density at radius 1 is 1.29 bits per heavy atom. The fraction of sp³-hybridized carbons (Fsp3) is 0.200. The van der Waals surface area contributed by atoms with Crippen LogP contribution in [-0.4, -0.2) is 32.6 Å². The van der Waals surface area contributed by atoms with Crippen LogP contribution in [0, 0.1) is 0 Å². The zero-order valence-electron chi connectivity index (χ0n) is 12.8. The van der Waals surface area contributed by atoms with E-state index in [0.29, 0.717) is 10.2 Å². The molecule has 0 spiro atoms. The van der Waals surface area contributed by atoms with Crippen LogP contribution < -0.4 is 5.73 Å². The van der Waals surface area contributed by atoms with E-state index in [-0.39, 0.29) is 18.0 Å². The van der Waals surface area contributed by atoms with E-state index >= 15 is 0 Å². The number of esters is 1. The third-order valence-corrected chi connectivity index (χ3v) is 6.11. The number of benzene rings is 1. The maximum Gasteiger partial charge on any atom is 0.343 e. The number of anilines is 1. The quantitative estimate of drug-likeness (QED) is 0.301. The molecule has 0 aliphatic rings. The fourth-order valence-electron chi connectivity index (χ4n) is 1.86. The van der Waals surface area contributed by atoms with E-state index in [1.165, 1.54) is 22.7 Å². The van der Waals surface area contributed by atoms with Gasteiger partial charge in [-0.25, -0.2) is 19.7 Å². The highest BCUT2D eigenvalue weighted by Gasteiger charge is 2.14. The van der Waals surface area contributed by atoms with E-state index in [9.17, 15) is 4.79 Å². The number of carbonyl (C=O) groups excluding carboxylic acids is 1. The lowest BCUT2D eigenvalue weighted by molar-refractivity contribution is 0.0526. The number of thiazole rings is 1. The van der Waals surface area contributed by atoms with Crippen molar-refractivity contribution in [3.8, 4) is 0 Å². The molecule has 0 aliphatic carbocycles. The number of aromatic nitrogens is 3. The van der Waals surface area contributed by atoms with Crippen LogP contribution >= 0.6 is 34.9 Å². The van der Waals surface area contributed by atoms with Crippen LogP contribution in [0.15, 0.2) is 40.0 Å². The Kier molecular flexibility index (Phi) is 5.54. The summed E-state index contributed by atoms with van der Waals surface area (Å²) in [6.07, 6.45) is 1.41. The van der Waals surface area contributed by atoms with Gasteiger partial charge in [-0.2, -0.15) is 0 Å². The van der Waals surface area contributed by atoms with Gasteiger partial charge in [-0.3, -0.25) is 0 Å². The lowest BCUT2D eigenvalue weighted by Gasteiger charge is -2.05. The summed E-state index contributed by atoms with van der Waals surface area (Å²) in [6, 6.07) is 8.04. The van der Waals surface area contributed by atoms with Crippen LogP contribution in [0.2, 0.25) is 0 Å². The van der Waals surface area contributed by atoms with Crippen molar-refractivity contribution in [1.29, 1.82) is 0 Å². The van der Waals surface area contributed by atoms with Crippen molar-refractivity contribution in [3.63, 3.8) is 0 Å². The molecule has 0 bridgehead atoms. The number of nitrogens with zero attached hydrogens (tertiary/aromatic N) is 3. The Bertz CT molecular complexity index is 836. The molecule has 0 aliphatic heterocycles. The maximum absolute atomic E-state index is 11.7. The average molecular weight is 379 g/mol. The standard InChI is InChI=1S/C15H14N4O2S3/c1-2-21-13(20)9-7-17-14(19-12(9)16)22-8-23-15-18-10-5-3-4-6-11(10)24-15/h3-7H,2,8H2,1H3,(H2,16,17,19). The third-order valence-electron chi connectivity index (χ3n) is 2.94. The number of nitrogen functional groups attached to an aromatic ring is 1. The van der Waals surface area contributed by atoms with Crippen LogP contribution in [0.5, 0.6) is 0 Å². The predicted octanol–water partition coefficient (Wildman–Crippen LogP) is 3.69. The first-order chi connectivity index (χ1) is 11.7. The number of carbonyl (C=O) groups is 1. The molecule has 0 saturated carbocycles. The van der Waals surface area contributed by atoms with E-state index in [2.05, 4.69) is 21.0 Å². The highest BCUT2D eigenvalue weighted by Crippen LogP contribution is 2.32. The largest absolute Gasteiger partial charge is 0.462 e. The molecule has 0 amide bonds.